The number of hydrogen-bond acceptors (Lipinski definition) is 3. The molecule has 0 N–H and O–H groups in total. The Morgan fingerprint density at radius 2 is 0.600 bits per heavy atom. The van der Waals surface area contributed by atoms with E-state index in [9.17, 15) is 0 Å². The number of hydrogen-bond donors (Lipinski definition) is 0. The Balaban J connectivity index is 0.843. The van der Waals surface area contributed by atoms with Gasteiger partial charge in [-0.05, 0) is 170 Å². The van der Waals surface area contributed by atoms with Crippen LogP contribution in [0.2, 0.25) is 0 Å². The molecule has 0 amide bonds. The summed E-state index contributed by atoms with van der Waals surface area (Å²) in [5.41, 5.74) is 13.5. The highest BCUT2D eigenvalue weighted by atomic mass is 32.1. The average Bonchev–Trinajstić information content (AvgIpc) is 4.14. The Morgan fingerprint density at radius 3 is 1.05 bits per heavy atom. The molecule has 0 spiro atoms. The molecule has 0 aliphatic carbocycles. The molecule has 0 saturated heterocycles. The third kappa shape index (κ3) is 5.96. The Labute approximate surface area is 433 Å². The molecule has 0 unspecified atom stereocenters. The lowest BCUT2D eigenvalue weighted by Gasteiger charge is -2.18. The second kappa shape index (κ2) is 15.5. The van der Waals surface area contributed by atoms with Crippen LogP contribution in [0.5, 0.6) is 0 Å². The third-order valence-electron chi connectivity index (χ3n) is 16.2. The van der Waals surface area contributed by atoms with E-state index in [1.54, 1.807) is 0 Å². The fourth-order valence-corrected chi connectivity index (χ4v) is 14.1. The van der Waals surface area contributed by atoms with Gasteiger partial charge in [-0.3, -0.25) is 0 Å². The number of benzene rings is 14. The van der Waals surface area contributed by atoms with E-state index in [0.717, 1.165) is 43.9 Å². The molecule has 346 valence electrons. The Bertz CT molecular complexity index is 5200. The minimum absolute atomic E-state index is 0.901. The van der Waals surface area contributed by atoms with Crippen LogP contribution in [-0.4, -0.2) is 0 Å². The maximum Gasteiger partial charge on any atom is 0.136 e. The third-order valence-corrected chi connectivity index (χ3v) is 17.3. The van der Waals surface area contributed by atoms with Crippen molar-refractivity contribution in [3.63, 3.8) is 0 Å². The van der Waals surface area contributed by atoms with Crippen LogP contribution in [0.1, 0.15) is 0 Å². The predicted molar refractivity (Wildman–Crippen MR) is 321 cm³/mol. The van der Waals surface area contributed by atoms with Crippen molar-refractivity contribution in [2.75, 3.05) is 0 Å². The van der Waals surface area contributed by atoms with Crippen molar-refractivity contribution in [3.8, 4) is 44.5 Å². The molecule has 0 aliphatic rings. The largest absolute Gasteiger partial charge is 0.456 e. The first kappa shape index (κ1) is 41.0. The standard InChI is InChI=1S/C72H40O2S/c1-3-16-43-38-64-60(34-41(43)14-1)58-36-45(29-32-62(58)73-64)68-48-18-5-7-20-50(48)70(51-21-8-6-19-49(51)68)47-28-31-56-67(40-47)75-66-27-13-26-57(72(56)66)71-54-24-11-9-22-52(54)69(53-23-10-12-25-55(53)71)46-30-33-63-59(37-46)61-35-42-15-2-4-17-44(42)39-65(61)74-63/h1-40H. The lowest BCUT2D eigenvalue weighted by molar-refractivity contribution is 0.669. The number of thiophene rings is 1. The number of rotatable bonds is 4. The summed E-state index contributed by atoms with van der Waals surface area (Å²) < 4.78 is 15.5. The van der Waals surface area contributed by atoms with Crippen LogP contribution in [0, 0.1) is 0 Å². The van der Waals surface area contributed by atoms with Gasteiger partial charge >= 0.3 is 0 Å². The van der Waals surface area contributed by atoms with Gasteiger partial charge in [0.1, 0.15) is 22.3 Å². The van der Waals surface area contributed by atoms with Crippen LogP contribution in [0.15, 0.2) is 251 Å². The minimum Gasteiger partial charge on any atom is -0.456 e. The highest BCUT2D eigenvalue weighted by molar-refractivity contribution is 7.26. The summed E-state index contributed by atoms with van der Waals surface area (Å²) in [6.07, 6.45) is 0. The fraction of sp³-hybridized carbons (Fsp3) is 0. The second-order valence-electron chi connectivity index (χ2n) is 20.2. The highest BCUT2D eigenvalue weighted by Crippen LogP contribution is 2.51. The van der Waals surface area contributed by atoms with E-state index in [0.29, 0.717) is 0 Å². The first-order valence-electron chi connectivity index (χ1n) is 25.7. The summed E-state index contributed by atoms with van der Waals surface area (Å²) in [7, 11) is 0. The van der Waals surface area contributed by atoms with Gasteiger partial charge in [0.2, 0.25) is 0 Å². The zero-order valence-corrected chi connectivity index (χ0v) is 41.1. The zero-order valence-electron chi connectivity index (χ0n) is 40.3. The molecule has 3 heterocycles. The SMILES string of the molecule is c1ccc2cc3c(cc2c1)oc1ccc(-c2c4ccccc4c(-c4ccc5c(c4)sc4cccc(-c6c7ccccc7c(-c7ccc8oc9cc%10ccccc%10cc9c8c7)c7ccccc67)c45)c4ccccc24)cc13. The summed E-state index contributed by atoms with van der Waals surface area (Å²) in [6.45, 7) is 0. The van der Waals surface area contributed by atoms with Crippen molar-refractivity contribution in [1.82, 2.24) is 0 Å². The molecular formula is C72H40O2S. The molecule has 14 aromatic carbocycles. The van der Waals surface area contributed by atoms with Gasteiger partial charge in [-0.2, -0.15) is 0 Å². The van der Waals surface area contributed by atoms with Crippen LogP contribution < -0.4 is 0 Å². The molecule has 0 atom stereocenters. The Kier molecular flexibility index (Phi) is 8.46. The van der Waals surface area contributed by atoms with E-state index in [2.05, 4.69) is 243 Å². The van der Waals surface area contributed by atoms with Gasteiger partial charge in [-0.15, -0.1) is 11.3 Å². The van der Waals surface area contributed by atoms with Crippen molar-refractivity contribution in [1.29, 1.82) is 0 Å². The molecule has 75 heavy (non-hydrogen) atoms. The topological polar surface area (TPSA) is 26.3 Å². The number of furan rings is 2. The summed E-state index contributed by atoms with van der Waals surface area (Å²) >= 11 is 1.89. The summed E-state index contributed by atoms with van der Waals surface area (Å²) in [5, 5.41) is 21.8. The molecule has 17 rings (SSSR count). The zero-order chi connectivity index (χ0) is 48.9. The van der Waals surface area contributed by atoms with Crippen LogP contribution in [0.25, 0.3) is 173 Å². The molecule has 0 radical (unpaired) electrons. The van der Waals surface area contributed by atoms with E-state index in [4.69, 9.17) is 8.83 Å². The minimum atomic E-state index is 0.901. The summed E-state index contributed by atoms with van der Waals surface area (Å²) in [5.74, 6) is 0. The molecule has 17 aromatic rings. The maximum atomic E-state index is 6.49. The van der Waals surface area contributed by atoms with Gasteiger partial charge in [0.15, 0.2) is 0 Å². The molecule has 0 aliphatic heterocycles. The van der Waals surface area contributed by atoms with Crippen LogP contribution in [-0.2, 0) is 0 Å². The van der Waals surface area contributed by atoms with Crippen molar-refractivity contribution < 1.29 is 8.83 Å². The molecule has 0 bridgehead atoms. The Hall–Kier alpha value is -9.54. The van der Waals surface area contributed by atoms with Gasteiger partial charge in [0.05, 0.1) is 0 Å². The normalized spacial score (nSPS) is 12.3. The van der Waals surface area contributed by atoms with Gasteiger partial charge < -0.3 is 8.83 Å². The monoisotopic (exact) mass is 968 g/mol. The van der Waals surface area contributed by atoms with Crippen molar-refractivity contribution >= 4 is 140 Å². The van der Waals surface area contributed by atoms with Crippen LogP contribution in [0.3, 0.4) is 0 Å². The Morgan fingerprint density at radius 1 is 0.227 bits per heavy atom. The van der Waals surface area contributed by atoms with Gasteiger partial charge in [0, 0.05) is 41.7 Å². The van der Waals surface area contributed by atoms with E-state index < -0.39 is 0 Å². The lowest BCUT2D eigenvalue weighted by atomic mass is 9.84. The quantitative estimate of drug-likeness (QED) is 0.164. The maximum absolute atomic E-state index is 6.49. The molecule has 0 fully saturated rings. The molecule has 3 heteroatoms. The average molecular weight is 969 g/mol. The molecule has 2 nitrogen and oxygen atoms in total. The van der Waals surface area contributed by atoms with E-state index >= 15 is 0 Å². The van der Waals surface area contributed by atoms with Crippen molar-refractivity contribution in [2.24, 2.45) is 0 Å². The first-order chi connectivity index (χ1) is 37.2. The lowest BCUT2D eigenvalue weighted by Crippen LogP contribution is -1.91. The van der Waals surface area contributed by atoms with Crippen molar-refractivity contribution in [3.05, 3.63) is 243 Å². The van der Waals surface area contributed by atoms with E-state index in [1.807, 2.05) is 11.3 Å². The molecule has 3 aromatic heterocycles. The van der Waals surface area contributed by atoms with E-state index in [1.165, 1.54) is 129 Å². The number of fused-ring (bicyclic) bond motifs is 15. The summed E-state index contributed by atoms with van der Waals surface area (Å²) in [4.78, 5) is 0. The second-order valence-corrected chi connectivity index (χ2v) is 21.3. The highest BCUT2D eigenvalue weighted by Gasteiger charge is 2.23. The molecule has 0 saturated carbocycles. The fourth-order valence-electron chi connectivity index (χ4n) is 12.9. The van der Waals surface area contributed by atoms with E-state index in [-0.39, 0.29) is 0 Å². The smallest absolute Gasteiger partial charge is 0.136 e. The predicted octanol–water partition coefficient (Wildman–Crippen LogP) is 21.4. The van der Waals surface area contributed by atoms with Crippen molar-refractivity contribution in [2.45, 2.75) is 0 Å². The van der Waals surface area contributed by atoms with Gasteiger partial charge in [-0.25, -0.2) is 0 Å². The van der Waals surface area contributed by atoms with Gasteiger partial charge in [-0.1, -0.05) is 182 Å². The van der Waals surface area contributed by atoms with Gasteiger partial charge in [0.25, 0.3) is 0 Å². The first-order valence-corrected chi connectivity index (χ1v) is 26.5. The van der Waals surface area contributed by atoms with Crippen LogP contribution >= 0.6 is 11.3 Å². The molecular weight excluding hydrogens is 929 g/mol. The van der Waals surface area contributed by atoms with Crippen LogP contribution in [0.4, 0.5) is 0 Å². The summed E-state index contributed by atoms with van der Waals surface area (Å²) in [6, 6.07) is 89.5.